The Morgan fingerprint density at radius 1 is 1.73 bits per heavy atom. The van der Waals surface area contributed by atoms with E-state index in [1.54, 1.807) is 0 Å². The van der Waals surface area contributed by atoms with Crippen LogP contribution >= 0.6 is 0 Å². The van der Waals surface area contributed by atoms with Crippen molar-refractivity contribution >= 4 is 19.2 Å². The number of carbonyl (C=O) groups is 1. The Kier molecular flexibility index (Phi) is 2.18. The number of aromatic amines is 1. The molecule has 1 heterocycles. The minimum atomic E-state index is 0.182. The zero-order valence-electron chi connectivity index (χ0n) is 7.19. The second-order valence-electron chi connectivity index (χ2n) is 2.77. The Labute approximate surface area is 67.4 Å². The number of H-pyrrole nitrogens is 1. The van der Waals surface area contributed by atoms with Crippen LogP contribution in [0.2, 0.25) is 0 Å². The summed E-state index contributed by atoms with van der Waals surface area (Å²) in [5, 5.41) is 0. The Balaban J connectivity index is 2.97. The first-order valence-corrected chi connectivity index (χ1v) is 3.84. The minimum Gasteiger partial charge on any atom is -0.365 e. The molecule has 0 amide bonds. The molecule has 0 unspecified atom stereocenters. The molecule has 0 saturated heterocycles. The highest BCUT2D eigenvalue weighted by atomic mass is 16.1. The summed E-state index contributed by atoms with van der Waals surface area (Å²) in [6.45, 7) is 3.87. The average Bonchev–Trinajstić information content (AvgIpc) is 2.31. The summed E-state index contributed by atoms with van der Waals surface area (Å²) in [4.78, 5) is 14.2. The molecule has 3 heteroatoms. The van der Waals surface area contributed by atoms with Gasteiger partial charge in [0.15, 0.2) is 13.6 Å². The van der Waals surface area contributed by atoms with Gasteiger partial charge in [0.25, 0.3) is 0 Å². The van der Waals surface area contributed by atoms with E-state index in [4.69, 9.17) is 0 Å². The van der Waals surface area contributed by atoms with Gasteiger partial charge in [-0.05, 0) is 24.1 Å². The molecule has 0 spiro atoms. The standard InChI is InChI=1S/C8H12BNO/c1-3-7(11)6-4-5(2)8(9)10-6/h4,10H,3,9H2,1-2H3. The van der Waals surface area contributed by atoms with Gasteiger partial charge >= 0.3 is 0 Å². The van der Waals surface area contributed by atoms with Crippen molar-refractivity contribution in [1.29, 1.82) is 0 Å². The second kappa shape index (κ2) is 2.95. The molecule has 2 nitrogen and oxygen atoms in total. The molecule has 0 saturated carbocycles. The van der Waals surface area contributed by atoms with E-state index in [9.17, 15) is 4.79 Å². The van der Waals surface area contributed by atoms with E-state index in [1.807, 2.05) is 27.8 Å². The van der Waals surface area contributed by atoms with E-state index in [0.717, 1.165) is 16.9 Å². The summed E-state index contributed by atoms with van der Waals surface area (Å²) >= 11 is 0. The molecule has 11 heavy (non-hydrogen) atoms. The average molecular weight is 149 g/mol. The third kappa shape index (κ3) is 1.53. The highest BCUT2D eigenvalue weighted by molar-refractivity contribution is 6.32. The monoisotopic (exact) mass is 149 g/mol. The molecule has 1 N–H and O–H groups in total. The first-order valence-electron chi connectivity index (χ1n) is 3.84. The maximum absolute atomic E-state index is 11.1. The highest BCUT2D eigenvalue weighted by Gasteiger charge is 2.05. The van der Waals surface area contributed by atoms with Crippen LogP contribution in [0.5, 0.6) is 0 Å². The first kappa shape index (κ1) is 8.11. The third-order valence-corrected chi connectivity index (χ3v) is 1.90. The number of hydrogen-bond donors (Lipinski definition) is 1. The molecule has 58 valence electrons. The lowest BCUT2D eigenvalue weighted by molar-refractivity contribution is 0.0984. The third-order valence-electron chi connectivity index (χ3n) is 1.90. The van der Waals surface area contributed by atoms with Gasteiger partial charge in [-0.15, -0.1) is 0 Å². The molecule has 0 aliphatic heterocycles. The van der Waals surface area contributed by atoms with Crippen LogP contribution < -0.4 is 5.59 Å². The lowest BCUT2D eigenvalue weighted by Gasteiger charge is -1.89. The predicted molar refractivity (Wildman–Crippen MR) is 48.3 cm³/mol. The number of aryl methyl sites for hydroxylation is 1. The normalized spacial score (nSPS) is 10.0. The number of hydrogen-bond acceptors (Lipinski definition) is 1. The van der Waals surface area contributed by atoms with E-state index in [-0.39, 0.29) is 5.78 Å². The van der Waals surface area contributed by atoms with Gasteiger partial charge in [-0.3, -0.25) is 4.79 Å². The fraction of sp³-hybridized carbons (Fsp3) is 0.375. The molecule has 0 aliphatic carbocycles. The van der Waals surface area contributed by atoms with Crippen molar-refractivity contribution in [2.75, 3.05) is 0 Å². The molecular formula is C8H12BNO. The van der Waals surface area contributed by atoms with Gasteiger partial charge in [-0.25, -0.2) is 0 Å². The van der Waals surface area contributed by atoms with Crippen LogP contribution in [0, 0.1) is 6.92 Å². The van der Waals surface area contributed by atoms with Gasteiger partial charge in [0, 0.05) is 6.42 Å². The van der Waals surface area contributed by atoms with Crippen LogP contribution in [-0.4, -0.2) is 18.6 Å². The topological polar surface area (TPSA) is 32.9 Å². The first-order chi connectivity index (χ1) is 5.15. The number of nitrogens with one attached hydrogen (secondary N) is 1. The van der Waals surface area contributed by atoms with Gasteiger partial charge in [-0.1, -0.05) is 6.92 Å². The predicted octanol–water partition coefficient (Wildman–Crippen LogP) is 0.174. The summed E-state index contributed by atoms with van der Waals surface area (Å²) in [5.74, 6) is 0.182. The van der Waals surface area contributed by atoms with Gasteiger partial charge in [0.2, 0.25) is 0 Å². The summed E-state index contributed by atoms with van der Waals surface area (Å²) in [6.07, 6.45) is 0.569. The number of carbonyl (C=O) groups excluding carboxylic acids is 1. The summed E-state index contributed by atoms with van der Waals surface area (Å²) in [7, 11) is 1.97. The van der Waals surface area contributed by atoms with Crippen LogP contribution in [0.4, 0.5) is 0 Å². The lowest BCUT2D eigenvalue weighted by atomic mass is 10.0. The van der Waals surface area contributed by atoms with E-state index < -0.39 is 0 Å². The Morgan fingerprint density at radius 3 is 2.73 bits per heavy atom. The molecular weight excluding hydrogens is 137 g/mol. The van der Waals surface area contributed by atoms with Crippen LogP contribution in [0.3, 0.4) is 0 Å². The number of ketones is 1. The molecule has 1 rings (SSSR count). The maximum atomic E-state index is 11.1. The van der Waals surface area contributed by atoms with Crippen molar-refractivity contribution in [3.63, 3.8) is 0 Å². The van der Waals surface area contributed by atoms with E-state index in [0.29, 0.717) is 6.42 Å². The van der Waals surface area contributed by atoms with Gasteiger partial charge in [0.05, 0.1) is 5.69 Å². The molecule has 0 aromatic carbocycles. The SMILES string of the molecule is Bc1[nH]c(C(=O)CC)cc1C. The largest absolute Gasteiger partial charge is 0.365 e. The van der Waals surface area contributed by atoms with Crippen LogP contribution in [-0.2, 0) is 0 Å². The van der Waals surface area contributed by atoms with Crippen LogP contribution in [0.25, 0.3) is 0 Å². The minimum absolute atomic E-state index is 0.182. The molecule has 1 aromatic heterocycles. The second-order valence-corrected chi connectivity index (χ2v) is 2.77. The molecule has 0 fully saturated rings. The highest BCUT2D eigenvalue weighted by Crippen LogP contribution is 2.01. The van der Waals surface area contributed by atoms with E-state index in [2.05, 4.69) is 4.98 Å². The molecule has 0 aliphatic rings. The van der Waals surface area contributed by atoms with Crippen molar-refractivity contribution in [2.45, 2.75) is 20.3 Å². The smallest absolute Gasteiger partial charge is 0.178 e. The van der Waals surface area contributed by atoms with Crippen molar-refractivity contribution in [3.8, 4) is 0 Å². The fourth-order valence-corrected chi connectivity index (χ4v) is 1.00. The lowest BCUT2D eigenvalue weighted by Crippen LogP contribution is -2.07. The molecule has 0 bridgehead atoms. The Bertz CT molecular complexity index is 258. The van der Waals surface area contributed by atoms with Gasteiger partial charge in [-0.2, -0.15) is 0 Å². The molecule has 0 radical (unpaired) electrons. The quantitative estimate of drug-likeness (QED) is 0.472. The number of rotatable bonds is 2. The summed E-state index contributed by atoms with van der Waals surface area (Å²) < 4.78 is 0. The molecule has 1 aromatic rings. The summed E-state index contributed by atoms with van der Waals surface area (Å²) in [5.41, 5.74) is 2.98. The van der Waals surface area contributed by atoms with E-state index in [1.165, 1.54) is 0 Å². The fourth-order valence-electron chi connectivity index (χ4n) is 1.00. The van der Waals surface area contributed by atoms with Crippen LogP contribution in [0.15, 0.2) is 6.07 Å². The van der Waals surface area contributed by atoms with Crippen molar-refractivity contribution in [1.82, 2.24) is 4.98 Å². The number of Topliss-reactive ketones (excluding diaryl/α,β-unsaturated/α-hetero) is 1. The van der Waals surface area contributed by atoms with E-state index >= 15 is 0 Å². The zero-order valence-corrected chi connectivity index (χ0v) is 7.19. The zero-order chi connectivity index (χ0) is 8.43. The summed E-state index contributed by atoms with van der Waals surface area (Å²) in [6, 6.07) is 1.90. The Hall–Kier alpha value is -0.985. The Morgan fingerprint density at radius 2 is 2.36 bits per heavy atom. The van der Waals surface area contributed by atoms with Crippen molar-refractivity contribution in [3.05, 3.63) is 17.3 Å². The number of aromatic nitrogens is 1. The van der Waals surface area contributed by atoms with Crippen molar-refractivity contribution < 1.29 is 4.79 Å². The van der Waals surface area contributed by atoms with Crippen molar-refractivity contribution in [2.24, 2.45) is 0 Å². The molecule has 0 atom stereocenters. The maximum Gasteiger partial charge on any atom is 0.178 e. The van der Waals surface area contributed by atoms with Gasteiger partial charge in [0.1, 0.15) is 0 Å². The van der Waals surface area contributed by atoms with Crippen LogP contribution in [0.1, 0.15) is 29.4 Å². The van der Waals surface area contributed by atoms with Gasteiger partial charge < -0.3 is 4.98 Å².